The summed E-state index contributed by atoms with van der Waals surface area (Å²) < 4.78 is 0. The van der Waals surface area contributed by atoms with Gasteiger partial charge < -0.3 is 20.4 Å². The maximum absolute atomic E-state index is 12.6. The van der Waals surface area contributed by atoms with E-state index in [1.165, 1.54) is 0 Å². The first-order chi connectivity index (χ1) is 24.0. The Morgan fingerprint density at radius 3 is 0.940 bits per heavy atom. The molecule has 0 fully saturated rings. The summed E-state index contributed by atoms with van der Waals surface area (Å²) in [5, 5.41) is 41.1. The first kappa shape index (κ1) is 33.6. The molecule has 0 saturated carbocycles. The lowest BCUT2D eigenvalue weighted by molar-refractivity contribution is -0.149. The Labute approximate surface area is 288 Å². The number of allylic oxidation sites excluding steroid dienone is 4. The summed E-state index contributed by atoms with van der Waals surface area (Å²) in [6, 6.07) is 32.3. The largest absolute Gasteiger partial charge is 0.481 e. The molecule has 0 radical (unpaired) electrons. The number of carbonyl (C=O) groups is 4. The molecular weight excluding hydrogens is 632 g/mol. The van der Waals surface area contributed by atoms with Crippen molar-refractivity contribution in [1.29, 1.82) is 0 Å². The molecule has 0 unspecified atom stereocenters. The van der Waals surface area contributed by atoms with Gasteiger partial charge in [0.05, 0.1) is 23.7 Å². The number of carboxylic acids is 4. The molecule has 50 heavy (non-hydrogen) atoms. The molecule has 0 aliphatic heterocycles. The maximum atomic E-state index is 12.6. The molecule has 4 N–H and O–H groups in total. The van der Waals surface area contributed by atoms with Crippen molar-refractivity contribution in [3.63, 3.8) is 0 Å². The predicted molar refractivity (Wildman–Crippen MR) is 190 cm³/mol. The van der Waals surface area contributed by atoms with Gasteiger partial charge in [-0.1, -0.05) is 121 Å². The third kappa shape index (κ3) is 6.19. The van der Waals surface area contributed by atoms with Gasteiger partial charge in [-0.2, -0.15) is 0 Å². The van der Waals surface area contributed by atoms with Crippen molar-refractivity contribution < 1.29 is 39.6 Å². The van der Waals surface area contributed by atoms with Crippen molar-refractivity contribution in [1.82, 2.24) is 0 Å². The van der Waals surface area contributed by atoms with Crippen LogP contribution in [0.2, 0.25) is 0 Å². The van der Waals surface area contributed by atoms with Crippen molar-refractivity contribution in [2.24, 2.45) is 23.7 Å². The van der Waals surface area contributed by atoms with E-state index in [1.54, 1.807) is 98.8 Å². The molecule has 8 heteroatoms. The zero-order valence-electron chi connectivity index (χ0n) is 27.3. The molecule has 0 spiro atoms. The van der Waals surface area contributed by atoms with Crippen molar-refractivity contribution in [2.45, 2.75) is 13.8 Å². The van der Waals surface area contributed by atoms with Crippen LogP contribution in [0, 0.1) is 23.7 Å². The summed E-state index contributed by atoms with van der Waals surface area (Å²) in [7, 11) is 0. The van der Waals surface area contributed by atoms with E-state index in [9.17, 15) is 39.6 Å². The van der Waals surface area contributed by atoms with E-state index in [-0.39, 0.29) is 0 Å². The normalized spacial score (nSPS) is 20.5. The molecule has 0 aromatic heterocycles. The number of benzene rings is 4. The standard InChI is InChI=1S/C42H34O8/c1-23-21-31(35(39(43)44)37(41(47)48)33(23)29-9-5-3-6-10-29)27-17-13-25(14-18-27)26-15-19-28(20-16-26)32-22-24(2)34(30-11-7-4-8-12-30)38(42(49)50)36(32)40(45)46/h3-22,35-38H,1-2H3,(H,43,44)(H,45,46)(H,47,48)(H,49,50)/t35-,36-,37-,38-/m1/s1. The minimum atomic E-state index is -1.31. The average Bonchev–Trinajstić information content (AvgIpc) is 3.11. The lowest BCUT2D eigenvalue weighted by Gasteiger charge is -2.31. The Morgan fingerprint density at radius 2 is 0.660 bits per heavy atom. The SMILES string of the molecule is CC1=C(c2ccccc2)[C@@H](C(=O)O)[C@H](C(=O)O)C(c2ccc(-c3ccc(C4=CC(C)=C(c5ccccc5)[C@@H](C(=O)O)[C@@H]4C(=O)O)cc3)cc2)=C1. The van der Waals surface area contributed by atoms with Gasteiger partial charge in [-0.05, 0) is 80.7 Å². The van der Waals surface area contributed by atoms with E-state index < -0.39 is 47.5 Å². The van der Waals surface area contributed by atoms with Gasteiger partial charge in [0.2, 0.25) is 0 Å². The predicted octanol–water partition coefficient (Wildman–Crippen LogP) is 7.90. The van der Waals surface area contributed by atoms with Gasteiger partial charge in [0.15, 0.2) is 0 Å². The van der Waals surface area contributed by atoms with Crippen molar-refractivity contribution in [3.8, 4) is 11.1 Å². The lowest BCUT2D eigenvalue weighted by Crippen LogP contribution is -2.34. The average molecular weight is 667 g/mol. The second-order valence-electron chi connectivity index (χ2n) is 12.5. The second-order valence-corrected chi connectivity index (χ2v) is 12.5. The smallest absolute Gasteiger partial charge is 0.312 e. The summed E-state index contributed by atoms with van der Waals surface area (Å²) in [6.45, 7) is 3.59. The van der Waals surface area contributed by atoms with E-state index in [2.05, 4.69) is 0 Å². The summed E-state index contributed by atoms with van der Waals surface area (Å²) in [5.41, 5.74) is 7.21. The minimum absolute atomic E-state index is 0.402. The highest BCUT2D eigenvalue weighted by Gasteiger charge is 2.44. The van der Waals surface area contributed by atoms with Gasteiger partial charge in [-0.3, -0.25) is 19.2 Å². The zero-order valence-corrected chi connectivity index (χ0v) is 27.3. The third-order valence-corrected chi connectivity index (χ3v) is 9.56. The molecule has 4 aromatic rings. The van der Waals surface area contributed by atoms with Gasteiger partial charge in [0, 0.05) is 0 Å². The summed E-state index contributed by atoms with van der Waals surface area (Å²) in [5.74, 6) is -10.1. The number of hydrogen-bond acceptors (Lipinski definition) is 4. The second kappa shape index (κ2) is 13.7. The number of carboxylic acid groups (broad SMARTS) is 4. The van der Waals surface area contributed by atoms with Gasteiger partial charge in [0.1, 0.15) is 0 Å². The fourth-order valence-electron chi connectivity index (χ4n) is 7.35. The number of rotatable bonds is 9. The van der Waals surface area contributed by atoms with Crippen LogP contribution in [0.3, 0.4) is 0 Å². The van der Waals surface area contributed by atoms with Gasteiger partial charge in [0.25, 0.3) is 0 Å². The topological polar surface area (TPSA) is 149 Å². The van der Waals surface area contributed by atoms with E-state index in [0.29, 0.717) is 55.7 Å². The van der Waals surface area contributed by atoms with Crippen LogP contribution in [0.5, 0.6) is 0 Å². The van der Waals surface area contributed by atoms with Crippen LogP contribution in [-0.4, -0.2) is 44.3 Å². The van der Waals surface area contributed by atoms with Crippen molar-refractivity contribution >= 4 is 46.2 Å². The lowest BCUT2D eigenvalue weighted by atomic mass is 9.70. The molecule has 2 aliphatic rings. The van der Waals surface area contributed by atoms with Gasteiger partial charge >= 0.3 is 23.9 Å². The Bertz CT molecular complexity index is 1960. The van der Waals surface area contributed by atoms with E-state index in [0.717, 1.165) is 11.1 Å². The maximum Gasteiger partial charge on any atom is 0.312 e. The minimum Gasteiger partial charge on any atom is -0.481 e. The molecular formula is C42H34O8. The fourth-order valence-corrected chi connectivity index (χ4v) is 7.35. The zero-order chi connectivity index (χ0) is 35.7. The fraction of sp³-hybridized carbons (Fsp3) is 0.143. The van der Waals surface area contributed by atoms with Crippen LogP contribution in [-0.2, 0) is 19.2 Å². The van der Waals surface area contributed by atoms with Crippen LogP contribution in [0.1, 0.15) is 36.1 Å². The molecule has 0 amide bonds. The number of hydrogen-bond donors (Lipinski definition) is 4. The molecule has 6 rings (SSSR count). The molecule has 4 atom stereocenters. The first-order valence-electron chi connectivity index (χ1n) is 16.1. The Balaban J connectivity index is 1.34. The van der Waals surface area contributed by atoms with Crippen LogP contribution in [0.15, 0.2) is 132 Å². The van der Waals surface area contributed by atoms with Gasteiger partial charge in [-0.25, -0.2) is 0 Å². The highest BCUT2D eigenvalue weighted by molar-refractivity contribution is 6.04. The Kier molecular flexibility index (Phi) is 9.20. The van der Waals surface area contributed by atoms with E-state index >= 15 is 0 Å². The van der Waals surface area contributed by atoms with E-state index in [4.69, 9.17) is 0 Å². The molecule has 4 aromatic carbocycles. The third-order valence-electron chi connectivity index (χ3n) is 9.56. The first-order valence-corrected chi connectivity index (χ1v) is 16.1. The van der Waals surface area contributed by atoms with E-state index in [1.807, 2.05) is 36.4 Å². The number of aliphatic carboxylic acids is 4. The van der Waals surface area contributed by atoms with Crippen LogP contribution >= 0.6 is 0 Å². The molecule has 8 nitrogen and oxygen atoms in total. The van der Waals surface area contributed by atoms with Crippen LogP contribution in [0.4, 0.5) is 0 Å². The quantitative estimate of drug-likeness (QED) is 0.141. The summed E-state index contributed by atoms with van der Waals surface area (Å²) in [6.07, 6.45) is 3.51. The summed E-state index contributed by atoms with van der Waals surface area (Å²) in [4.78, 5) is 50.4. The Hall–Kier alpha value is -6.28. The molecule has 2 aliphatic carbocycles. The highest BCUT2D eigenvalue weighted by atomic mass is 16.4. The van der Waals surface area contributed by atoms with Crippen LogP contribution in [0.25, 0.3) is 33.4 Å². The van der Waals surface area contributed by atoms with Crippen molar-refractivity contribution in [3.05, 3.63) is 155 Å². The molecule has 250 valence electrons. The highest BCUT2D eigenvalue weighted by Crippen LogP contribution is 2.46. The molecule has 0 bridgehead atoms. The molecule has 0 saturated heterocycles. The van der Waals surface area contributed by atoms with Crippen LogP contribution < -0.4 is 0 Å². The monoisotopic (exact) mass is 666 g/mol. The molecule has 0 heterocycles. The van der Waals surface area contributed by atoms with Crippen molar-refractivity contribution in [2.75, 3.05) is 0 Å². The summed E-state index contributed by atoms with van der Waals surface area (Å²) >= 11 is 0. The van der Waals surface area contributed by atoms with Gasteiger partial charge in [-0.15, -0.1) is 0 Å². The Morgan fingerprint density at radius 1 is 0.380 bits per heavy atom.